The summed E-state index contributed by atoms with van der Waals surface area (Å²) >= 11 is 0. The number of benzene rings is 1. The minimum absolute atomic E-state index is 0.162. The first-order chi connectivity index (χ1) is 13.6. The van der Waals surface area contributed by atoms with Gasteiger partial charge in [-0.1, -0.05) is 13.8 Å². The molecule has 1 aromatic heterocycles. The van der Waals surface area contributed by atoms with Crippen LogP contribution in [0, 0.1) is 12.8 Å². The van der Waals surface area contributed by atoms with Crippen LogP contribution in [-0.4, -0.2) is 27.5 Å². The van der Waals surface area contributed by atoms with Gasteiger partial charge in [0.1, 0.15) is 0 Å². The molecule has 0 saturated carbocycles. The summed E-state index contributed by atoms with van der Waals surface area (Å²) in [6.45, 7) is 6.41. The average molecular weight is 398 g/mol. The van der Waals surface area contributed by atoms with Crippen LogP contribution < -0.4 is 21.9 Å². The van der Waals surface area contributed by atoms with Crippen molar-refractivity contribution in [1.82, 2.24) is 14.5 Å². The molecule has 154 valence electrons. The minimum atomic E-state index is -0.481. The van der Waals surface area contributed by atoms with Crippen LogP contribution in [0.4, 0.5) is 5.69 Å². The summed E-state index contributed by atoms with van der Waals surface area (Å²) in [4.78, 5) is 48.2. The number of aryl methyl sites for hydroxylation is 2. The maximum Gasteiger partial charge on any atom is 0.330 e. The van der Waals surface area contributed by atoms with Gasteiger partial charge in [0.2, 0.25) is 5.91 Å². The third-order valence-corrected chi connectivity index (χ3v) is 4.30. The van der Waals surface area contributed by atoms with Gasteiger partial charge in [-0.05, 0) is 42.7 Å². The average Bonchev–Trinajstić information content (AvgIpc) is 2.67. The van der Waals surface area contributed by atoms with Crippen molar-refractivity contribution in [2.75, 3.05) is 11.9 Å². The smallest absolute Gasteiger partial charge is 0.330 e. The third-order valence-electron chi connectivity index (χ3n) is 4.30. The number of carbonyl (C=O) groups excluding carboxylic acids is 2. The summed E-state index contributed by atoms with van der Waals surface area (Å²) in [6, 6.07) is 5.01. The van der Waals surface area contributed by atoms with Gasteiger partial charge in [-0.2, -0.15) is 0 Å². The Morgan fingerprint density at radius 3 is 2.48 bits per heavy atom. The molecule has 1 aromatic carbocycles. The molecule has 2 aromatic rings. The topological polar surface area (TPSA) is 102 Å². The minimum Gasteiger partial charge on any atom is -0.352 e. The lowest BCUT2D eigenvalue weighted by Crippen LogP contribution is -2.37. The number of nitrogens with zero attached hydrogens (tertiary/aromatic N) is 2. The molecule has 2 rings (SSSR count). The van der Waals surface area contributed by atoms with Crippen molar-refractivity contribution in [3.8, 4) is 0 Å². The van der Waals surface area contributed by atoms with Crippen LogP contribution in [0.25, 0.3) is 6.08 Å². The number of carbonyl (C=O) groups is 2. The van der Waals surface area contributed by atoms with Gasteiger partial charge in [-0.25, -0.2) is 4.79 Å². The summed E-state index contributed by atoms with van der Waals surface area (Å²) in [5.41, 5.74) is 1.12. The largest absolute Gasteiger partial charge is 0.352 e. The molecule has 0 bridgehead atoms. The Hall–Kier alpha value is -3.42. The fourth-order valence-corrected chi connectivity index (χ4v) is 2.63. The van der Waals surface area contributed by atoms with Gasteiger partial charge >= 0.3 is 5.69 Å². The molecule has 0 spiro atoms. The van der Waals surface area contributed by atoms with Crippen molar-refractivity contribution < 1.29 is 9.59 Å². The molecular weight excluding hydrogens is 372 g/mol. The molecule has 0 saturated heterocycles. The molecule has 0 atom stereocenters. The first-order valence-corrected chi connectivity index (χ1v) is 9.24. The van der Waals surface area contributed by atoms with E-state index in [1.165, 1.54) is 37.0 Å². The highest BCUT2D eigenvalue weighted by molar-refractivity contribution is 6.03. The Morgan fingerprint density at radius 1 is 1.17 bits per heavy atom. The zero-order valence-corrected chi connectivity index (χ0v) is 17.3. The van der Waals surface area contributed by atoms with Gasteiger partial charge in [0.25, 0.3) is 11.5 Å². The zero-order chi connectivity index (χ0) is 21.7. The molecule has 2 N–H and O–H groups in total. The molecule has 0 aliphatic carbocycles. The Morgan fingerprint density at radius 2 is 1.86 bits per heavy atom. The van der Waals surface area contributed by atoms with Crippen LogP contribution in [-0.2, 0) is 18.9 Å². The normalized spacial score (nSPS) is 11.1. The number of nitrogens with one attached hydrogen (secondary N) is 2. The van der Waals surface area contributed by atoms with E-state index in [2.05, 4.69) is 10.6 Å². The van der Waals surface area contributed by atoms with E-state index in [1.54, 1.807) is 25.1 Å². The van der Waals surface area contributed by atoms with Crippen molar-refractivity contribution in [1.29, 1.82) is 0 Å². The van der Waals surface area contributed by atoms with Gasteiger partial charge in [-0.15, -0.1) is 0 Å². The van der Waals surface area contributed by atoms with Crippen LogP contribution in [0.15, 0.2) is 40.1 Å². The second-order valence-corrected chi connectivity index (χ2v) is 7.30. The van der Waals surface area contributed by atoms with Crippen molar-refractivity contribution in [3.63, 3.8) is 0 Å². The number of anilines is 1. The molecule has 0 unspecified atom stereocenters. The highest BCUT2D eigenvalue weighted by atomic mass is 16.2. The van der Waals surface area contributed by atoms with Crippen molar-refractivity contribution in [2.24, 2.45) is 20.0 Å². The van der Waals surface area contributed by atoms with E-state index in [-0.39, 0.29) is 11.5 Å². The molecule has 29 heavy (non-hydrogen) atoms. The highest BCUT2D eigenvalue weighted by Crippen LogP contribution is 2.17. The van der Waals surface area contributed by atoms with Crippen molar-refractivity contribution >= 4 is 23.6 Å². The van der Waals surface area contributed by atoms with E-state index >= 15 is 0 Å². The molecule has 0 aliphatic heterocycles. The van der Waals surface area contributed by atoms with E-state index in [0.29, 0.717) is 23.7 Å². The van der Waals surface area contributed by atoms with Gasteiger partial charge < -0.3 is 15.2 Å². The van der Waals surface area contributed by atoms with Crippen molar-refractivity contribution in [3.05, 3.63) is 68.0 Å². The fraction of sp³-hybridized carbons (Fsp3) is 0.333. The molecule has 0 radical (unpaired) electrons. The SMILES string of the molecule is Cc1cc(C(=O)NCC(C)C)ccc1NC(=O)/C=C/c1cn(C)c(=O)n(C)c1=O. The number of aromatic nitrogens is 2. The molecular formula is C21H26N4O4. The maximum atomic E-state index is 12.2. The lowest BCUT2D eigenvalue weighted by molar-refractivity contribution is -0.111. The second kappa shape index (κ2) is 9.18. The molecule has 0 fully saturated rings. The first kappa shape index (κ1) is 21.9. The monoisotopic (exact) mass is 398 g/mol. The fourth-order valence-electron chi connectivity index (χ4n) is 2.63. The lowest BCUT2D eigenvalue weighted by atomic mass is 10.1. The third kappa shape index (κ3) is 5.54. The number of amides is 2. The van der Waals surface area contributed by atoms with E-state index in [1.807, 2.05) is 13.8 Å². The predicted octanol–water partition coefficient (Wildman–Crippen LogP) is 1.43. The Bertz CT molecular complexity index is 1080. The quantitative estimate of drug-likeness (QED) is 0.719. The van der Waals surface area contributed by atoms with Crippen LogP contribution in [0.3, 0.4) is 0 Å². The van der Waals surface area contributed by atoms with Gasteiger partial charge in [-0.3, -0.25) is 19.0 Å². The Labute approximate surface area is 168 Å². The highest BCUT2D eigenvalue weighted by Gasteiger charge is 2.10. The predicted molar refractivity (Wildman–Crippen MR) is 113 cm³/mol. The van der Waals surface area contributed by atoms with Gasteiger partial charge in [0, 0.05) is 44.2 Å². The molecule has 1 heterocycles. The molecule has 0 aliphatic rings. The number of hydrogen-bond donors (Lipinski definition) is 2. The van der Waals surface area contributed by atoms with Crippen LogP contribution in [0.5, 0.6) is 0 Å². The van der Waals surface area contributed by atoms with Gasteiger partial charge in [0.05, 0.1) is 5.56 Å². The van der Waals surface area contributed by atoms with Gasteiger partial charge in [0.15, 0.2) is 0 Å². The van der Waals surface area contributed by atoms with E-state index in [0.717, 1.165) is 10.1 Å². The lowest BCUT2D eigenvalue weighted by Gasteiger charge is -2.11. The summed E-state index contributed by atoms with van der Waals surface area (Å²) in [7, 11) is 2.91. The summed E-state index contributed by atoms with van der Waals surface area (Å²) in [5, 5.41) is 5.57. The summed E-state index contributed by atoms with van der Waals surface area (Å²) < 4.78 is 2.25. The van der Waals surface area contributed by atoms with E-state index < -0.39 is 17.2 Å². The summed E-state index contributed by atoms with van der Waals surface area (Å²) in [6.07, 6.45) is 3.97. The first-order valence-electron chi connectivity index (χ1n) is 9.24. The Kier molecular flexibility index (Phi) is 6.93. The standard InChI is InChI=1S/C21H26N4O4/c1-13(2)11-22-19(27)15-6-8-17(14(3)10-15)23-18(26)9-7-16-12-24(4)21(29)25(5)20(16)28/h6-10,12-13H,11H2,1-5H3,(H,22,27)(H,23,26)/b9-7+. The van der Waals surface area contributed by atoms with E-state index in [9.17, 15) is 19.2 Å². The molecule has 8 nitrogen and oxygen atoms in total. The number of rotatable bonds is 6. The zero-order valence-electron chi connectivity index (χ0n) is 17.3. The van der Waals surface area contributed by atoms with Crippen LogP contribution in [0.2, 0.25) is 0 Å². The van der Waals surface area contributed by atoms with Crippen LogP contribution >= 0.6 is 0 Å². The maximum absolute atomic E-state index is 12.2. The summed E-state index contributed by atoms with van der Waals surface area (Å²) in [5.74, 6) is -0.236. The Balaban J connectivity index is 2.12. The second-order valence-electron chi connectivity index (χ2n) is 7.30. The molecule has 8 heteroatoms. The molecule has 2 amide bonds. The van der Waals surface area contributed by atoms with Crippen LogP contribution in [0.1, 0.15) is 35.3 Å². The number of hydrogen-bond acceptors (Lipinski definition) is 4. The van der Waals surface area contributed by atoms with Crippen molar-refractivity contribution in [2.45, 2.75) is 20.8 Å². The van der Waals surface area contributed by atoms with E-state index in [4.69, 9.17) is 0 Å².